The van der Waals surface area contributed by atoms with Crippen LogP contribution in [0.4, 0.5) is 11.4 Å². The molecule has 0 bridgehead atoms. The third-order valence-electron chi connectivity index (χ3n) is 4.17. The third-order valence-corrected chi connectivity index (χ3v) is 5.34. The molecule has 0 fully saturated rings. The summed E-state index contributed by atoms with van der Waals surface area (Å²) in [6, 6.07) is 14.2. The van der Waals surface area contributed by atoms with Crippen molar-refractivity contribution >= 4 is 58.1 Å². The van der Waals surface area contributed by atoms with E-state index in [9.17, 15) is 14.7 Å². The number of aromatic hydroxyl groups is 1. The van der Waals surface area contributed by atoms with Crippen molar-refractivity contribution in [3.05, 3.63) is 73.7 Å². The fourth-order valence-electron chi connectivity index (χ4n) is 2.82. The smallest absolute Gasteiger partial charge is 0.311 e. The largest absolute Gasteiger partial charge is 0.493 e. The number of rotatable bonds is 4. The molecule has 1 aromatic heterocycles. The molecule has 1 aliphatic rings. The van der Waals surface area contributed by atoms with E-state index in [1.54, 1.807) is 36.6 Å². The van der Waals surface area contributed by atoms with Gasteiger partial charge in [-0.05, 0) is 36.4 Å². The molecular weight excluding hydrogens is 398 g/mol. The van der Waals surface area contributed by atoms with Gasteiger partial charge in [0, 0.05) is 28.1 Å². The van der Waals surface area contributed by atoms with Crippen molar-refractivity contribution in [3.63, 3.8) is 0 Å². The Labute approximate surface area is 169 Å². The van der Waals surface area contributed by atoms with Gasteiger partial charge in [0.1, 0.15) is 6.54 Å². The van der Waals surface area contributed by atoms with Crippen molar-refractivity contribution in [1.82, 2.24) is 4.57 Å². The van der Waals surface area contributed by atoms with Gasteiger partial charge in [0.25, 0.3) is 0 Å². The van der Waals surface area contributed by atoms with Gasteiger partial charge in [-0.1, -0.05) is 41.1 Å². The number of amides is 1. The van der Waals surface area contributed by atoms with Crippen molar-refractivity contribution in [3.8, 4) is 5.88 Å². The van der Waals surface area contributed by atoms with E-state index in [0.29, 0.717) is 15.6 Å². The van der Waals surface area contributed by atoms with Crippen LogP contribution in [0, 0.1) is 0 Å². The molecule has 2 N–H and O–H groups in total. The van der Waals surface area contributed by atoms with Crippen molar-refractivity contribution in [2.24, 2.45) is 4.99 Å². The van der Waals surface area contributed by atoms with E-state index in [4.69, 9.17) is 11.6 Å². The molecule has 6 nitrogen and oxygen atoms in total. The first-order valence-electron chi connectivity index (χ1n) is 8.34. The summed E-state index contributed by atoms with van der Waals surface area (Å²) in [5, 5.41) is 13.7. The summed E-state index contributed by atoms with van der Waals surface area (Å²) in [5.74, 6) is -0.670. The number of aromatic nitrogens is 1. The topological polar surface area (TPSA) is 83.7 Å². The summed E-state index contributed by atoms with van der Waals surface area (Å²) in [4.78, 5) is 28.8. The lowest BCUT2D eigenvalue weighted by atomic mass is 10.1. The lowest BCUT2D eigenvalue weighted by molar-refractivity contribution is -0.116. The van der Waals surface area contributed by atoms with Crippen LogP contribution in [-0.2, 0) is 11.3 Å². The number of hydrogen-bond acceptors (Lipinski definition) is 5. The second kappa shape index (κ2) is 7.46. The minimum absolute atomic E-state index is 0.244. The Morgan fingerprint density at radius 1 is 1.21 bits per heavy atom. The Morgan fingerprint density at radius 3 is 2.75 bits per heavy atom. The molecule has 2 heterocycles. The fraction of sp³-hybridized carbons (Fsp3) is 0.0500. The minimum Gasteiger partial charge on any atom is -0.493 e. The van der Waals surface area contributed by atoms with Crippen LogP contribution in [-0.4, -0.2) is 21.8 Å². The Morgan fingerprint density at radius 2 is 1.96 bits per heavy atom. The number of fused-ring (bicyclic) bond motifs is 1. The molecule has 28 heavy (non-hydrogen) atoms. The highest BCUT2D eigenvalue weighted by molar-refractivity contribution is 7.10. The number of carbonyl (C=O) groups is 1. The molecule has 8 heteroatoms. The lowest BCUT2D eigenvalue weighted by Crippen LogP contribution is -2.24. The standard InChI is InChI=1S/C20H14ClN3O3S/c21-13-5-7-14(8-6-13)23-18(25)11-24-19(26)17(28-20(24)27)9-12-10-22-16-4-2-1-3-15(12)16/h1-10,26H,11H2,(H,23,25). The van der Waals surface area contributed by atoms with Gasteiger partial charge in [-0.3, -0.25) is 19.1 Å². The number of hydrogen-bond donors (Lipinski definition) is 2. The number of nitrogens with one attached hydrogen (secondary N) is 1. The quantitative estimate of drug-likeness (QED) is 0.676. The zero-order valence-corrected chi connectivity index (χ0v) is 16.0. The molecule has 0 atom stereocenters. The van der Waals surface area contributed by atoms with Crippen LogP contribution >= 0.6 is 22.9 Å². The van der Waals surface area contributed by atoms with Gasteiger partial charge in [0.2, 0.25) is 11.8 Å². The Bertz CT molecular complexity index is 1180. The van der Waals surface area contributed by atoms with Crippen molar-refractivity contribution in [2.45, 2.75) is 6.54 Å². The number of halogens is 1. The molecule has 0 unspecified atom stereocenters. The highest BCUT2D eigenvalue weighted by Crippen LogP contribution is 2.34. The average Bonchev–Trinajstić information content (AvgIpc) is 3.20. The van der Waals surface area contributed by atoms with Gasteiger partial charge in [0.15, 0.2) is 0 Å². The maximum Gasteiger partial charge on any atom is 0.311 e. The molecule has 140 valence electrons. The number of allylic oxidation sites excluding steroid dienone is 1. The SMILES string of the molecule is O=C(Cn1c(O)c(C=C2C=Nc3ccccc32)sc1=O)Nc1ccc(Cl)cc1. The second-order valence-electron chi connectivity index (χ2n) is 6.07. The van der Waals surface area contributed by atoms with Crippen molar-refractivity contribution < 1.29 is 9.90 Å². The second-order valence-corrected chi connectivity index (χ2v) is 7.50. The number of thiazole rings is 1. The van der Waals surface area contributed by atoms with Gasteiger partial charge in [-0.25, -0.2) is 0 Å². The van der Waals surface area contributed by atoms with E-state index >= 15 is 0 Å². The number of benzene rings is 2. The predicted octanol–water partition coefficient (Wildman–Crippen LogP) is 4.16. The van der Waals surface area contributed by atoms with Gasteiger partial charge >= 0.3 is 4.87 Å². The van der Waals surface area contributed by atoms with Crippen molar-refractivity contribution in [1.29, 1.82) is 0 Å². The first-order valence-corrected chi connectivity index (χ1v) is 9.54. The Hall–Kier alpha value is -3.16. The molecule has 0 saturated carbocycles. The Kier molecular flexibility index (Phi) is 4.85. The van der Waals surface area contributed by atoms with Crippen LogP contribution in [0.2, 0.25) is 5.02 Å². The van der Waals surface area contributed by atoms with E-state index in [2.05, 4.69) is 10.3 Å². The highest BCUT2D eigenvalue weighted by atomic mass is 35.5. The lowest BCUT2D eigenvalue weighted by Gasteiger charge is -2.06. The summed E-state index contributed by atoms with van der Waals surface area (Å²) >= 11 is 6.69. The van der Waals surface area contributed by atoms with E-state index in [1.165, 1.54) is 0 Å². The van der Waals surface area contributed by atoms with Crippen molar-refractivity contribution in [2.75, 3.05) is 5.32 Å². The number of carbonyl (C=O) groups excluding carboxylic acids is 1. The van der Waals surface area contributed by atoms with Crippen LogP contribution in [0.5, 0.6) is 5.88 Å². The molecule has 4 rings (SSSR count). The molecule has 0 radical (unpaired) electrons. The summed E-state index contributed by atoms with van der Waals surface area (Å²) in [5.41, 5.74) is 3.11. The van der Waals surface area contributed by atoms with Gasteiger partial charge in [0.05, 0.1) is 10.6 Å². The minimum atomic E-state index is -0.426. The van der Waals surface area contributed by atoms with E-state index < -0.39 is 10.8 Å². The average molecular weight is 412 g/mol. The summed E-state index contributed by atoms with van der Waals surface area (Å²) in [6.07, 6.45) is 3.39. The number of para-hydroxylation sites is 1. The van der Waals surface area contributed by atoms with Crippen LogP contribution in [0.15, 0.2) is 58.3 Å². The van der Waals surface area contributed by atoms with Gasteiger partial charge in [-0.2, -0.15) is 0 Å². The Balaban J connectivity index is 1.56. The summed E-state index contributed by atoms with van der Waals surface area (Å²) < 4.78 is 1.04. The van der Waals surface area contributed by atoms with Crippen LogP contribution < -0.4 is 10.2 Å². The van der Waals surface area contributed by atoms with Crippen LogP contribution in [0.3, 0.4) is 0 Å². The highest BCUT2D eigenvalue weighted by Gasteiger charge is 2.18. The van der Waals surface area contributed by atoms with E-state index in [1.807, 2.05) is 24.3 Å². The molecule has 1 aliphatic heterocycles. The van der Waals surface area contributed by atoms with Gasteiger partial charge < -0.3 is 10.4 Å². The molecule has 2 aromatic carbocycles. The molecule has 0 spiro atoms. The molecule has 3 aromatic rings. The zero-order chi connectivity index (χ0) is 19.7. The number of nitrogens with zero attached hydrogens (tertiary/aromatic N) is 2. The maximum atomic E-state index is 12.3. The van der Waals surface area contributed by atoms with E-state index in [-0.39, 0.29) is 12.4 Å². The molecule has 1 amide bonds. The maximum absolute atomic E-state index is 12.3. The van der Waals surface area contributed by atoms with Crippen LogP contribution in [0.1, 0.15) is 10.4 Å². The number of anilines is 1. The van der Waals surface area contributed by atoms with Gasteiger partial charge in [-0.15, -0.1) is 0 Å². The fourth-order valence-corrected chi connectivity index (χ4v) is 3.78. The third kappa shape index (κ3) is 3.62. The van der Waals surface area contributed by atoms with E-state index in [0.717, 1.165) is 32.7 Å². The molecule has 0 aliphatic carbocycles. The predicted molar refractivity (Wildman–Crippen MR) is 113 cm³/mol. The first kappa shape index (κ1) is 18.2. The molecular formula is C20H14ClN3O3S. The zero-order valence-electron chi connectivity index (χ0n) is 14.4. The van der Waals surface area contributed by atoms with Crippen LogP contribution in [0.25, 0.3) is 11.6 Å². The normalized spacial score (nSPS) is 13.7. The first-order chi connectivity index (χ1) is 13.5. The monoisotopic (exact) mass is 411 g/mol. The number of aliphatic imine (C=N–C) groups is 1. The summed E-state index contributed by atoms with van der Waals surface area (Å²) in [7, 11) is 0. The molecule has 0 saturated heterocycles. The summed E-state index contributed by atoms with van der Waals surface area (Å²) in [6.45, 7) is -0.294.